The molecule has 1 saturated heterocycles. The summed E-state index contributed by atoms with van der Waals surface area (Å²) in [5, 5.41) is 7.62. The maximum atomic E-state index is 4.27. The topological polar surface area (TPSA) is 26.1 Å². The van der Waals surface area contributed by atoms with E-state index in [2.05, 4.69) is 17.2 Å². The van der Waals surface area contributed by atoms with Crippen molar-refractivity contribution in [3.05, 3.63) is 12.7 Å². The van der Waals surface area contributed by atoms with E-state index in [1.165, 1.54) is 0 Å². The molecule has 0 aromatic carbocycles. The third-order valence-corrected chi connectivity index (χ3v) is 1.50. The second kappa shape index (κ2) is 3.64. The van der Waals surface area contributed by atoms with E-state index < -0.39 is 0 Å². The minimum absolute atomic E-state index is 0.566. The summed E-state index contributed by atoms with van der Waals surface area (Å²) in [6, 6.07) is 0.566. The van der Waals surface area contributed by atoms with Crippen molar-refractivity contribution in [1.82, 2.24) is 10.6 Å². The molecule has 0 saturated carbocycles. The third-order valence-electron chi connectivity index (χ3n) is 1.50. The molecule has 1 radical (unpaired) electrons. The van der Waals surface area contributed by atoms with Crippen molar-refractivity contribution < 1.29 is 0 Å². The highest BCUT2D eigenvalue weighted by molar-refractivity contribution is 4.82. The van der Waals surface area contributed by atoms with Crippen LogP contribution >= 0.6 is 0 Å². The molecular formula is C7H13N2. The summed E-state index contributed by atoms with van der Waals surface area (Å²) in [4.78, 5) is 0. The molecule has 1 heterocycles. The molecule has 0 aromatic rings. The third kappa shape index (κ3) is 2.16. The largest absolute Gasteiger partial charge is 0.311 e. The number of piperazine rings is 1. The van der Waals surface area contributed by atoms with Gasteiger partial charge in [0, 0.05) is 25.7 Å². The molecule has 2 heteroatoms. The lowest BCUT2D eigenvalue weighted by Crippen LogP contribution is -2.44. The highest BCUT2D eigenvalue weighted by Crippen LogP contribution is 1.94. The average Bonchev–Trinajstić information content (AvgIpc) is 1.91. The normalized spacial score (nSPS) is 27.8. The molecule has 1 aliphatic rings. The van der Waals surface area contributed by atoms with Crippen LogP contribution in [0.15, 0.2) is 12.7 Å². The van der Waals surface area contributed by atoms with Gasteiger partial charge in [-0.15, -0.1) is 6.58 Å². The Bertz CT molecular complexity index is 84.9. The molecule has 1 aliphatic heterocycles. The zero-order valence-electron chi connectivity index (χ0n) is 5.64. The first-order valence-corrected chi connectivity index (χ1v) is 3.41. The highest BCUT2D eigenvalue weighted by atomic mass is 15.0. The van der Waals surface area contributed by atoms with Crippen molar-refractivity contribution in [1.29, 1.82) is 0 Å². The monoisotopic (exact) mass is 125 g/mol. The molecular weight excluding hydrogens is 112 g/mol. The van der Waals surface area contributed by atoms with Gasteiger partial charge in [-0.25, -0.2) is 5.32 Å². The zero-order chi connectivity index (χ0) is 6.53. The number of nitrogens with zero attached hydrogens (tertiary/aromatic N) is 1. The first kappa shape index (κ1) is 6.78. The van der Waals surface area contributed by atoms with E-state index in [0.717, 1.165) is 26.1 Å². The SMILES string of the molecule is C=CCC1C[N]CCN1. The van der Waals surface area contributed by atoms with Gasteiger partial charge in [-0.3, -0.25) is 0 Å². The van der Waals surface area contributed by atoms with Crippen LogP contribution in [0.3, 0.4) is 0 Å². The van der Waals surface area contributed by atoms with Crippen LogP contribution in [0.4, 0.5) is 0 Å². The van der Waals surface area contributed by atoms with Gasteiger partial charge < -0.3 is 5.32 Å². The Morgan fingerprint density at radius 3 is 3.22 bits per heavy atom. The predicted octanol–water partition coefficient (Wildman–Crippen LogP) is 0.139. The van der Waals surface area contributed by atoms with Gasteiger partial charge in [-0.1, -0.05) is 6.08 Å². The van der Waals surface area contributed by atoms with Gasteiger partial charge in [-0.05, 0) is 6.42 Å². The van der Waals surface area contributed by atoms with Crippen LogP contribution in [-0.4, -0.2) is 25.7 Å². The molecule has 1 atom stereocenters. The van der Waals surface area contributed by atoms with E-state index in [1.807, 2.05) is 6.08 Å². The van der Waals surface area contributed by atoms with Crippen LogP contribution in [-0.2, 0) is 0 Å². The standard InChI is InChI=1S/C7H13N2/c1-2-3-7-6-8-4-5-9-7/h2,7,9H,1,3-6H2. The fraction of sp³-hybridized carbons (Fsp3) is 0.714. The van der Waals surface area contributed by atoms with E-state index >= 15 is 0 Å². The van der Waals surface area contributed by atoms with E-state index in [0.29, 0.717) is 6.04 Å². The molecule has 0 aromatic heterocycles. The van der Waals surface area contributed by atoms with Crippen LogP contribution in [0, 0.1) is 0 Å². The molecule has 0 amide bonds. The van der Waals surface area contributed by atoms with Crippen LogP contribution in [0.5, 0.6) is 0 Å². The molecule has 2 nitrogen and oxygen atoms in total. The minimum Gasteiger partial charge on any atom is -0.311 e. The molecule has 1 rings (SSSR count). The Morgan fingerprint density at radius 2 is 2.67 bits per heavy atom. The summed E-state index contributed by atoms with van der Waals surface area (Å²) < 4.78 is 0. The van der Waals surface area contributed by atoms with Gasteiger partial charge >= 0.3 is 0 Å². The highest BCUT2D eigenvalue weighted by Gasteiger charge is 2.09. The maximum absolute atomic E-state index is 4.27. The Morgan fingerprint density at radius 1 is 1.78 bits per heavy atom. The van der Waals surface area contributed by atoms with Gasteiger partial charge in [0.15, 0.2) is 0 Å². The zero-order valence-corrected chi connectivity index (χ0v) is 5.64. The van der Waals surface area contributed by atoms with Gasteiger partial charge in [-0.2, -0.15) is 0 Å². The first-order chi connectivity index (χ1) is 4.43. The van der Waals surface area contributed by atoms with E-state index in [9.17, 15) is 0 Å². The summed E-state index contributed by atoms with van der Waals surface area (Å²) in [6.07, 6.45) is 2.99. The number of nitrogens with one attached hydrogen (secondary N) is 1. The van der Waals surface area contributed by atoms with Crippen molar-refractivity contribution in [3.8, 4) is 0 Å². The van der Waals surface area contributed by atoms with Crippen LogP contribution in [0.1, 0.15) is 6.42 Å². The molecule has 1 N–H and O–H groups in total. The van der Waals surface area contributed by atoms with Crippen LogP contribution in [0.2, 0.25) is 0 Å². The molecule has 9 heavy (non-hydrogen) atoms. The van der Waals surface area contributed by atoms with Gasteiger partial charge in [0.2, 0.25) is 0 Å². The van der Waals surface area contributed by atoms with Gasteiger partial charge in [0.1, 0.15) is 0 Å². The molecule has 0 aliphatic carbocycles. The predicted molar refractivity (Wildman–Crippen MR) is 38.5 cm³/mol. The lowest BCUT2D eigenvalue weighted by molar-refractivity contribution is 0.415. The van der Waals surface area contributed by atoms with Crippen molar-refractivity contribution >= 4 is 0 Å². The maximum Gasteiger partial charge on any atom is 0.0291 e. The number of hydrogen-bond acceptors (Lipinski definition) is 1. The molecule has 51 valence electrons. The van der Waals surface area contributed by atoms with Crippen molar-refractivity contribution in [2.45, 2.75) is 12.5 Å². The second-order valence-electron chi connectivity index (χ2n) is 2.31. The smallest absolute Gasteiger partial charge is 0.0291 e. The van der Waals surface area contributed by atoms with E-state index in [4.69, 9.17) is 0 Å². The Hall–Kier alpha value is -0.340. The quantitative estimate of drug-likeness (QED) is 0.522. The molecule has 1 unspecified atom stereocenters. The van der Waals surface area contributed by atoms with Crippen molar-refractivity contribution in [3.63, 3.8) is 0 Å². The molecule has 1 fully saturated rings. The lowest BCUT2D eigenvalue weighted by atomic mass is 10.2. The summed E-state index contributed by atoms with van der Waals surface area (Å²) in [5.74, 6) is 0. The average molecular weight is 125 g/mol. The lowest BCUT2D eigenvalue weighted by Gasteiger charge is -2.21. The van der Waals surface area contributed by atoms with E-state index in [1.54, 1.807) is 0 Å². The summed E-state index contributed by atoms with van der Waals surface area (Å²) in [5.41, 5.74) is 0. The fourth-order valence-electron chi connectivity index (χ4n) is 1.02. The fourth-order valence-corrected chi connectivity index (χ4v) is 1.02. The first-order valence-electron chi connectivity index (χ1n) is 3.41. The minimum atomic E-state index is 0.566. The van der Waals surface area contributed by atoms with Crippen molar-refractivity contribution in [2.24, 2.45) is 0 Å². The van der Waals surface area contributed by atoms with Gasteiger partial charge in [0.05, 0.1) is 0 Å². The summed E-state index contributed by atoms with van der Waals surface area (Å²) in [6.45, 7) is 6.66. The number of hydrogen-bond donors (Lipinski definition) is 1. The van der Waals surface area contributed by atoms with Crippen LogP contribution in [0.25, 0.3) is 0 Å². The second-order valence-corrected chi connectivity index (χ2v) is 2.31. The number of rotatable bonds is 2. The Kier molecular flexibility index (Phi) is 2.74. The van der Waals surface area contributed by atoms with Crippen LogP contribution < -0.4 is 10.6 Å². The van der Waals surface area contributed by atoms with Crippen molar-refractivity contribution in [2.75, 3.05) is 19.6 Å². The Balaban J connectivity index is 2.15. The summed E-state index contributed by atoms with van der Waals surface area (Å²) in [7, 11) is 0. The van der Waals surface area contributed by atoms with E-state index in [-0.39, 0.29) is 0 Å². The Labute approximate surface area is 56.3 Å². The van der Waals surface area contributed by atoms with Gasteiger partial charge in [0.25, 0.3) is 0 Å². The molecule has 0 spiro atoms. The molecule has 0 bridgehead atoms. The summed E-state index contributed by atoms with van der Waals surface area (Å²) >= 11 is 0.